The lowest BCUT2D eigenvalue weighted by Crippen LogP contribution is -2.32. The van der Waals surface area contributed by atoms with Crippen LogP contribution in [0.5, 0.6) is 5.75 Å². The first-order valence-electron chi connectivity index (χ1n) is 9.21. The van der Waals surface area contributed by atoms with Crippen LogP contribution in [-0.2, 0) is 29.2 Å². The van der Waals surface area contributed by atoms with Crippen molar-refractivity contribution in [2.75, 3.05) is 19.7 Å². The van der Waals surface area contributed by atoms with Crippen LogP contribution in [0.15, 0.2) is 47.4 Å². The summed E-state index contributed by atoms with van der Waals surface area (Å²) in [5.41, 5.74) is 3.21. The Balaban J connectivity index is 1.79. The van der Waals surface area contributed by atoms with Gasteiger partial charge >= 0.3 is 0 Å². The van der Waals surface area contributed by atoms with E-state index in [2.05, 4.69) is 6.07 Å². The van der Waals surface area contributed by atoms with Gasteiger partial charge in [0.25, 0.3) is 0 Å². The number of hydrogen-bond acceptors (Lipinski definition) is 4. The van der Waals surface area contributed by atoms with E-state index in [1.807, 2.05) is 54.6 Å². The van der Waals surface area contributed by atoms with Crippen molar-refractivity contribution in [2.45, 2.75) is 38.8 Å². The Kier molecular flexibility index (Phi) is 6.42. The van der Waals surface area contributed by atoms with Gasteiger partial charge in [-0.15, -0.1) is 4.31 Å². The van der Waals surface area contributed by atoms with Gasteiger partial charge in [0.2, 0.25) is 5.91 Å². The second kappa shape index (κ2) is 8.78. The fourth-order valence-corrected chi connectivity index (χ4v) is 4.30. The number of amides is 1. The molecule has 0 spiro atoms. The summed E-state index contributed by atoms with van der Waals surface area (Å²) in [6, 6.07) is 13.8. The lowest BCUT2D eigenvalue weighted by Gasteiger charge is -2.22. The van der Waals surface area contributed by atoms with Gasteiger partial charge in [-0.1, -0.05) is 23.8 Å². The Morgan fingerprint density at radius 2 is 2.00 bits per heavy atom. The van der Waals surface area contributed by atoms with Crippen molar-refractivity contribution in [1.82, 2.24) is 9.21 Å². The normalized spacial score (nSPS) is 15.4. The number of aryl methyl sites for hydroxylation is 1. The highest BCUT2D eigenvalue weighted by molar-refractivity contribution is 7.89. The molecule has 0 radical (unpaired) electrons. The Morgan fingerprint density at radius 3 is 2.67 bits per heavy atom. The molecule has 0 aromatic heterocycles. The molecule has 0 fully saturated rings. The molecular formula is C21H26N2O3S. The Labute approximate surface area is 164 Å². The molecule has 0 aliphatic carbocycles. The molecule has 1 aliphatic rings. The van der Waals surface area contributed by atoms with Gasteiger partial charge in [-0.25, -0.2) is 0 Å². The van der Waals surface area contributed by atoms with Crippen LogP contribution in [0.3, 0.4) is 0 Å². The van der Waals surface area contributed by atoms with Crippen LogP contribution >= 0.6 is 0 Å². The van der Waals surface area contributed by atoms with E-state index >= 15 is 0 Å². The van der Waals surface area contributed by atoms with Gasteiger partial charge in [0, 0.05) is 25.6 Å². The minimum atomic E-state index is -1.23. The van der Waals surface area contributed by atoms with Crippen molar-refractivity contribution < 1.29 is 14.1 Å². The van der Waals surface area contributed by atoms with Crippen molar-refractivity contribution in [2.24, 2.45) is 0 Å². The van der Waals surface area contributed by atoms with Crippen molar-refractivity contribution in [3.8, 4) is 5.75 Å². The van der Waals surface area contributed by atoms with Crippen LogP contribution in [0.2, 0.25) is 0 Å². The minimum Gasteiger partial charge on any atom is -0.593 e. The molecule has 0 N–H and O–H groups in total. The molecule has 5 nitrogen and oxygen atoms in total. The summed E-state index contributed by atoms with van der Waals surface area (Å²) in [5.74, 6) is 0.888. The summed E-state index contributed by atoms with van der Waals surface area (Å²) in [6.45, 7) is 8.47. The van der Waals surface area contributed by atoms with Crippen molar-refractivity contribution in [1.29, 1.82) is 0 Å². The van der Waals surface area contributed by atoms with Gasteiger partial charge in [0.1, 0.15) is 12.4 Å². The van der Waals surface area contributed by atoms with Crippen LogP contribution in [0.25, 0.3) is 0 Å². The summed E-state index contributed by atoms with van der Waals surface area (Å²) in [6.07, 6.45) is 0. The number of benzene rings is 2. The summed E-state index contributed by atoms with van der Waals surface area (Å²) in [4.78, 5) is 14.3. The van der Waals surface area contributed by atoms with E-state index < -0.39 is 11.4 Å². The monoisotopic (exact) mass is 386 g/mol. The summed E-state index contributed by atoms with van der Waals surface area (Å²) in [5, 5.41) is 0. The molecule has 27 heavy (non-hydrogen) atoms. The van der Waals surface area contributed by atoms with Crippen LogP contribution < -0.4 is 4.74 Å². The summed E-state index contributed by atoms with van der Waals surface area (Å²) in [7, 11) is 0. The smallest absolute Gasteiger partial charge is 0.219 e. The summed E-state index contributed by atoms with van der Waals surface area (Å²) < 4.78 is 20.8. The third kappa shape index (κ3) is 4.83. The van der Waals surface area contributed by atoms with E-state index in [4.69, 9.17) is 4.74 Å². The Hall–Kier alpha value is -2.02. The minimum absolute atomic E-state index is 0.0609. The SMILES string of the molecule is CCN(Cc1ccc2c(c1)CN([S+]([O-])c1ccc(C)cc1)CCO2)C(C)=O. The van der Waals surface area contributed by atoms with Crippen LogP contribution in [0.4, 0.5) is 0 Å². The fraction of sp³-hybridized carbons (Fsp3) is 0.381. The highest BCUT2D eigenvalue weighted by atomic mass is 32.2. The number of hydrogen-bond donors (Lipinski definition) is 0. The largest absolute Gasteiger partial charge is 0.593 e. The fourth-order valence-electron chi connectivity index (χ4n) is 3.13. The first kappa shape index (κ1) is 19.7. The highest BCUT2D eigenvalue weighted by Crippen LogP contribution is 2.28. The Morgan fingerprint density at radius 1 is 1.26 bits per heavy atom. The predicted octanol–water partition coefficient (Wildman–Crippen LogP) is 3.28. The van der Waals surface area contributed by atoms with Gasteiger partial charge in [-0.05, 0) is 43.7 Å². The van der Waals surface area contributed by atoms with Crippen molar-refractivity contribution in [3.63, 3.8) is 0 Å². The number of carbonyl (C=O) groups is 1. The molecule has 1 heterocycles. The molecule has 1 atom stereocenters. The maximum Gasteiger partial charge on any atom is 0.219 e. The molecule has 0 bridgehead atoms. The van der Waals surface area contributed by atoms with Crippen LogP contribution in [0, 0.1) is 6.92 Å². The van der Waals surface area contributed by atoms with Crippen molar-refractivity contribution in [3.05, 3.63) is 59.2 Å². The second-order valence-electron chi connectivity index (χ2n) is 6.75. The maximum atomic E-state index is 13.0. The molecule has 0 saturated carbocycles. The quantitative estimate of drug-likeness (QED) is 0.740. The molecule has 6 heteroatoms. The van der Waals surface area contributed by atoms with E-state index in [0.29, 0.717) is 32.8 Å². The number of rotatable bonds is 5. The summed E-state index contributed by atoms with van der Waals surface area (Å²) >= 11 is -1.23. The van der Waals surface area contributed by atoms with E-state index in [9.17, 15) is 9.35 Å². The van der Waals surface area contributed by atoms with Gasteiger partial charge in [0.15, 0.2) is 4.90 Å². The third-order valence-corrected chi connectivity index (χ3v) is 6.18. The lowest BCUT2D eigenvalue weighted by atomic mass is 10.1. The standard InChI is InChI=1S/C21H26N2O3S/c1-4-22(17(3)24)14-18-7-10-21-19(13-18)15-23(11-12-26-21)27(25)20-8-5-16(2)6-9-20/h5-10,13H,4,11-12,14-15H2,1-3H3. The van der Waals surface area contributed by atoms with Gasteiger partial charge in [-0.3, -0.25) is 4.79 Å². The molecule has 3 rings (SSSR count). The zero-order chi connectivity index (χ0) is 19.4. The number of nitrogens with zero attached hydrogens (tertiary/aromatic N) is 2. The zero-order valence-electron chi connectivity index (χ0n) is 16.1. The molecular weight excluding hydrogens is 360 g/mol. The number of carbonyl (C=O) groups excluding carboxylic acids is 1. The first-order chi connectivity index (χ1) is 13.0. The molecule has 1 amide bonds. The van der Waals surface area contributed by atoms with Crippen molar-refractivity contribution >= 4 is 17.3 Å². The molecule has 1 unspecified atom stereocenters. The molecule has 2 aromatic rings. The predicted molar refractivity (Wildman–Crippen MR) is 107 cm³/mol. The van der Waals surface area contributed by atoms with E-state index in [1.165, 1.54) is 0 Å². The van der Waals surface area contributed by atoms with Crippen LogP contribution in [0.1, 0.15) is 30.5 Å². The van der Waals surface area contributed by atoms with Crippen LogP contribution in [-0.4, -0.2) is 39.4 Å². The topological polar surface area (TPSA) is 55.8 Å². The van der Waals surface area contributed by atoms with Gasteiger partial charge in [-0.2, -0.15) is 0 Å². The number of ether oxygens (including phenoxy) is 1. The zero-order valence-corrected chi connectivity index (χ0v) is 16.9. The average Bonchev–Trinajstić information content (AvgIpc) is 2.87. The third-order valence-electron chi connectivity index (χ3n) is 4.73. The van der Waals surface area contributed by atoms with E-state index in [1.54, 1.807) is 11.8 Å². The van der Waals surface area contributed by atoms with E-state index in [-0.39, 0.29) is 5.91 Å². The number of fused-ring (bicyclic) bond motifs is 1. The van der Waals surface area contributed by atoms with Gasteiger partial charge in [0.05, 0.1) is 24.5 Å². The van der Waals surface area contributed by atoms with E-state index in [0.717, 1.165) is 27.3 Å². The molecule has 1 aliphatic heterocycles. The average molecular weight is 387 g/mol. The molecule has 144 valence electrons. The molecule has 2 aromatic carbocycles. The first-order valence-corrected chi connectivity index (χ1v) is 10.3. The van der Waals surface area contributed by atoms with Gasteiger partial charge < -0.3 is 14.2 Å². The second-order valence-corrected chi connectivity index (χ2v) is 8.24. The maximum absolute atomic E-state index is 13.0. The highest BCUT2D eigenvalue weighted by Gasteiger charge is 2.26. The molecule has 0 saturated heterocycles. The Bertz CT molecular complexity index is 795. The lowest BCUT2D eigenvalue weighted by molar-refractivity contribution is -0.129.